The Morgan fingerprint density at radius 1 is 1.17 bits per heavy atom. The molecule has 0 spiro atoms. The molecule has 0 unspecified atom stereocenters. The molecule has 0 saturated carbocycles. The fourth-order valence-corrected chi connectivity index (χ4v) is 3.18. The third kappa shape index (κ3) is 5.57. The maximum Gasteiger partial charge on any atom is 0.265 e. The summed E-state index contributed by atoms with van der Waals surface area (Å²) in [5.41, 5.74) is 3.14. The van der Waals surface area contributed by atoms with E-state index in [9.17, 15) is 9.59 Å². The Kier molecular flexibility index (Phi) is 6.88. The smallest absolute Gasteiger partial charge is 0.265 e. The number of para-hydroxylation sites is 1. The average molecular weight is 396 g/mol. The number of nitrogens with one attached hydrogen (secondary N) is 2. The molecule has 6 heteroatoms. The summed E-state index contributed by atoms with van der Waals surface area (Å²) in [6, 6.07) is 12.7. The molecule has 1 aliphatic heterocycles. The molecule has 1 fully saturated rings. The molecule has 1 aliphatic rings. The van der Waals surface area contributed by atoms with Gasteiger partial charge in [-0.25, -0.2) is 0 Å². The highest BCUT2D eigenvalue weighted by Crippen LogP contribution is 2.20. The van der Waals surface area contributed by atoms with Gasteiger partial charge in [0.15, 0.2) is 6.10 Å². The van der Waals surface area contributed by atoms with Crippen molar-refractivity contribution in [3.63, 3.8) is 0 Å². The second-order valence-corrected chi connectivity index (χ2v) is 7.39. The first-order valence-corrected chi connectivity index (χ1v) is 9.97. The number of benzene rings is 2. The molecule has 0 radical (unpaired) electrons. The Balaban J connectivity index is 1.61. The standard InChI is InChI=1S/C23H28N2O4/c1-15-10-11-18(13-16(15)2)29-17(3)22(26)25-21-9-5-4-8-20(21)23(27)24-14-19-7-6-12-28-19/h4-5,8-11,13,17,19H,6-7,12,14H2,1-3H3,(H,24,27)(H,25,26)/t17-,19+/m1/s1. The molecule has 2 aromatic rings. The van der Waals surface area contributed by atoms with Crippen molar-refractivity contribution in [2.45, 2.75) is 45.8 Å². The largest absolute Gasteiger partial charge is 0.481 e. The first kappa shape index (κ1) is 20.9. The van der Waals surface area contributed by atoms with E-state index in [1.165, 1.54) is 0 Å². The van der Waals surface area contributed by atoms with Crippen LogP contribution in [-0.2, 0) is 9.53 Å². The zero-order valence-electron chi connectivity index (χ0n) is 17.2. The van der Waals surface area contributed by atoms with Crippen LogP contribution in [0.1, 0.15) is 41.3 Å². The Morgan fingerprint density at radius 2 is 1.97 bits per heavy atom. The molecule has 2 aromatic carbocycles. The van der Waals surface area contributed by atoms with Crippen LogP contribution < -0.4 is 15.4 Å². The first-order chi connectivity index (χ1) is 13.9. The summed E-state index contributed by atoms with van der Waals surface area (Å²) in [6.45, 7) is 6.91. The first-order valence-electron chi connectivity index (χ1n) is 9.97. The lowest BCUT2D eigenvalue weighted by atomic mass is 10.1. The van der Waals surface area contributed by atoms with E-state index >= 15 is 0 Å². The number of carbonyl (C=O) groups excluding carboxylic acids is 2. The van der Waals surface area contributed by atoms with Crippen molar-refractivity contribution in [2.75, 3.05) is 18.5 Å². The zero-order chi connectivity index (χ0) is 20.8. The topological polar surface area (TPSA) is 76.7 Å². The lowest BCUT2D eigenvalue weighted by Crippen LogP contribution is -2.34. The Labute approximate surface area is 171 Å². The SMILES string of the molecule is Cc1ccc(O[C@H](C)C(=O)Nc2ccccc2C(=O)NC[C@@H]2CCCO2)cc1C. The van der Waals surface area contributed by atoms with E-state index in [1.807, 2.05) is 32.0 Å². The summed E-state index contributed by atoms with van der Waals surface area (Å²) in [4.78, 5) is 25.2. The summed E-state index contributed by atoms with van der Waals surface area (Å²) >= 11 is 0. The van der Waals surface area contributed by atoms with Gasteiger partial charge in [-0.3, -0.25) is 9.59 Å². The second kappa shape index (κ2) is 9.56. The van der Waals surface area contributed by atoms with Gasteiger partial charge >= 0.3 is 0 Å². The van der Waals surface area contributed by atoms with Gasteiger partial charge in [0, 0.05) is 13.2 Å². The van der Waals surface area contributed by atoms with Gasteiger partial charge < -0.3 is 20.1 Å². The van der Waals surface area contributed by atoms with Crippen LogP contribution in [0, 0.1) is 13.8 Å². The number of hydrogen-bond donors (Lipinski definition) is 2. The van der Waals surface area contributed by atoms with Crippen molar-refractivity contribution in [1.29, 1.82) is 0 Å². The number of hydrogen-bond acceptors (Lipinski definition) is 4. The van der Waals surface area contributed by atoms with Crippen molar-refractivity contribution in [1.82, 2.24) is 5.32 Å². The average Bonchev–Trinajstić information content (AvgIpc) is 3.23. The molecule has 0 aliphatic carbocycles. The molecule has 1 saturated heterocycles. The van der Waals surface area contributed by atoms with E-state index < -0.39 is 6.10 Å². The van der Waals surface area contributed by atoms with Crippen molar-refractivity contribution in [3.8, 4) is 5.75 Å². The van der Waals surface area contributed by atoms with Gasteiger partial charge in [-0.05, 0) is 69.0 Å². The number of anilines is 1. The van der Waals surface area contributed by atoms with Gasteiger partial charge in [0.25, 0.3) is 11.8 Å². The molecule has 2 atom stereocenters. The fraction of sp³-hybridized carbons (Fsp3) is 0.391. The van der Waals surface area contributed by atoms with Crippen LogP contribution in [0.4, 0.5) is 5.69 Å². The molecule has 3 rings (SSSR count). The predicted octanol–water partition coefficient (Wildman–Crippen LogP) is 3.62. The second-order valence-electron chi connectivity index (χ2n) is 7.39. The van der Waals surface area contributed by atoms with Crippen molar-refractivity contribution < 1.29 is 19.1 Å². The third-order valence-corrected chi connectivity index (χ3v) is 5.10. The highest BCUT2D eigenvalue weighted by atomic mass is 16.5. The summed E-state index contributed by atoms with van der Waals surface area (Å²) in [6.07, 6.45) is 1.32. The summed E-state index contributed by atoms with van der Waals surface area (Å²) < 4.78 is 11.3. The molecular formula is C23H28N2O4. The maximum absolute atomic E-state index is 12.6. The number of carbonyl (C=O) groups is 2. The predicted molar refractivity (Wildman–Crippen MR) is 112 cm³/mol. The van der Waals surface area contributed by atoms with E-state index in [0.29, 0.717) is 23.5 Å². The van der Waals surface area contributed by atoms with Crippen molar-refractivity contribution >= 4 is 17.5 Å². The number of ether oxygens (including phenoxy) is 2. The van der Waals surface area contributed by atoms with Gasteiger partial charge in [-0.1, -0.05) is 18.2 Å². The molecule has 154 valence electrons. The lowest BCUT2D eigenvalue weighted by Gasteiger charge is -2.17. The fourth-order valence-electron chi connectivity index (χ4n) is 3.18. The van der Waals surface area contributed by atoms with E-state index in [1.54, 1.807) is 31.2 Å². The normalized spacial score (nSPS) is 16.9. The number of amides is 2. The van der Waals surface area contributed by atoms with Crippen LogP contribution in [0.25, 0.3) is 0 Å². The van der Waals surface area contributed by atoms with Gasteiger partial charge in [0.1, 0.15) is 5.75 Å². The van der Waals surface area contributed by atoms with Gasteiger partial charge in [-0.2, -0.15) is 0 Å². The van der Waals surface area contributed by atoms with E-state index in [0.717, 1.165) is 30.6 Å². The summed E-state index contributed by atoms with van der Waals surface area (Å²) in [5, 5.41) is 5.70. The molecule has 0 bridgehead atoms. The quantitative estimate of drug-likeness (QED) is 0.749. The van der Waals surface area contributed by atoms with Crippen molar-refractivity contribution in [3.05, 3.63) is 59.2 Å². The highest BCUT2D eigenvalue weighted by molar-refractivity contribution is 6.04. The van der Waals surface area contributed by atoms with Gasteiger partial charge in [0.05, 0.1) is 17.4 Å². The van der Waals surface area contributed by atoms with E-state index in [2.05, 4.69) is 10.6 Å². The Morgan fingerprint density at radius 3 is 2.69 bits per heavy atom. The molecule has 1 heterocycles. The number of aryl methyl sites for hydroxylation is 2. The third-order valence-electron chi connectivity index (χ3n) is 5.10. The maximum atomic E-state index is 12.6. The minimum Gasteiger partial charge on any atom is -0.481 e. The monoisotopic (exact) mass is 396 g/mol. The summed E-state index contributed by atoms with van der Waals surface area (Å²) in [7, 11) is 0. The number of rotatable bonds is 7. The highest BCUT2D eigenvalue weighted by Gasteiger charge is 2.20. The molecule has 2 amide bonds. The van der Waals surface area contributed by atoms with E-state index in [-0.39, 0.29) is 17.9 Å². The Bertz CT molecular complexity index is 875. The van der Waals surface area contributed by atoms with Crippen molar-refractivity contribution in [2.24, 2.45) is 0 Å². The zero-order valence-corrected chi connectivity index (χ0v) is 17.2. The van der Waals surface area contributed by atoms with E-state index in [4.69, 9.17) is 9.47 Å². The molecule has 6 nitrogen and oxygen atoms in total. The molecular weight excluding hydrogens is 368 g/mol. The van der Waals surface area contributed by atoms with Crippen LogP contribution in [0.5, 0.6) is 5.75 Å². The van der Waals surface area contributed by atoms with Crippen LogP contribution in [0.15, 0.2) is 42.5 Å². The van der Waals surface area contributed by atoms with Crippen LogP contribution in [-0.4, -0.2) is 37.2 Å². The van der Waals surface area contributed by atoms with Crippen LogP contribution >= 0.6 is 0 Å². The lowest BCUT2D eigenvalue weighted by molar-refractivity contribution is -0.122. The minimum atomic E-state index is -0.708. The van der Waals surface area contributed by atoms with Crippen LogP contribution in [0.3, 0.4) is 0 Å². The van der Waals surface area contributed by atoms with Gasteiger partial charge in [0.2, 0.25) is 0 Å². The summed E-state index contributed by atoms with van der Waals surface area (Å²) in [5.74, 6) is 0.0834. The molecule has 0 aromatic heterocycles. The molecule has 29 heavy (non-hydrogen) atoms. The van der Waals surface area contributed by atoms with Crippen LogP contribution in [0.2, 0.25) is 0 Å². The minimum absolute atomic E-state index is 0.0621. The Hall–Kier alpha value is -2.86. The molecule has 2 N–H and O–H groups in total. The van der Waals surface area contributed by atoms with Gasteiger partial charge in [-0.15, -0.1) is 0 Å².